The van der Waals surface area contributed by atoms with Crippen molar-refractivity contribution in [1.82, 2.24) is 24.4 Å². The number of piperidine rings is 1. The van der Waals surface area contributed by atoms with Crippen LogP contribution in [0.4, 0.5) is 0 Å². The molecule has 1 atom stereocenters. The monoisotopic (exact) mass is 439 g/mol. The van der Waals surface area contributed by atoms with E-state index in [-0.39, 0.29) is 18.1 Å². The van der Waals surface area contributed by atoms with Gasteiger partial charge in [-0.15, -0.1) is 0 Å². The van der Waals surface area contributed by atoms with Crippen molar-refractivity contribution in [3.05, 3.63) is 45.5 Å². The van der Waals surface area contributed by atoms with E-state index in [2.05, 4.69) is 22.2 Å². The van der Waals surface area contributed by atoms with Gasteiger partial charge in [0.15, 0.2) is 5.65 Å². The fourth-order valence-electron chi connectivity index (χ4n) is 5.46. The van der Waals surface area contributed by atoms with Crippen LogP contribution >= 0.6 is 0 Å². The van der Waals surface area contributed by atoms with Crippen molar-refractivity contribution < 1.29 is 9.53 Å². The van der Waals surface area contributed by atoms with Crippen LogP contribution in [0, 0.1) is 5.92 Å². The molecule has 2 aromatic heterocycles. The zero-order valence-corrected chi connectivity index (χ0v) is 18.9. The molecule has 0 radical (unpaired) electrons. The Morgan fingerprint density at radius 2 is 2.06 bits per heavy atom. The van der Waals surface area contributed by atoms with Gasteiger partial charge in [0.25, 0.3) is 5.56 Å². The summed E-state index contributed by atoms with van der Waals surface area (Å²) in [6.45, 7) is 4.38. The SMILES string of the molecule is COCC(=O)N1CCc2c(nc3cc(C4CCN(CC5CC=CCC5)CC4)[nH]n3c2=O)C1. The summed E-state index contributed by atoms with van der Waals surface area (Å²) in [4.78, 5) is 34.4. The molecule has 1 fully saturated rings. The maximum Gasteiger partial charge on any atom is 0.276 e. The van der Waals surface area contributed by atoms with Gasteiger partial charge in [0.2, 0.25) is 5.91 Å². The molecule has 1 N–H and O–H groups in total. The number of H-pyrrole nitrogens is 1. The summed E-state index contributed by atoms with van der Waals surface area (Å²) in [5.41, 5.74) is 3.16. The maximum absolute atomic E-state index is 13.1. The number of likely N-dealkylation sites (tertiary alicyclic amines) is 1. The molecule has 5 rings (SSSR count). The van der Waals surface area contributed by atoms with Crippen molar-refractivity contribution >= 4 is 11.6 Å². The number of hydrogen-bond donors (Lipinski definition) is 1. The number of amides is 1. The van der Waals surface area contributed by atoms with Crippen LogP contribution in [-0.2, 0) is 22.5 Å². The van der Waals surface area contributed by atoms with Crippen LogP contribution in [0.1, 0.15) is 55.0 Å². The Hall–Kier alpha value is -2.45. The number of nitrogens with zero attached hydrogens (tertiary/aromatic N) is 4. The first-order chi connectivity index (χ1) is 15.6. The molecule has 3 aliphatic rings. The number of aromatic amines is 1. The van der Waals surface area contributed by atoms with E-state index in [0.29, 0.717) is 42.3 Å². The Morgan fingerprint density at radius 3 is 2.81 bits per heavy atom. The molecule has 0 saturated carbocycles. The zero-order valence-electron chi connectivity index (χ0n) is 18.9. The third kappa shape index (κ3) is 4.26. The minimum absolute atomic E-state index is 0.0297. The number of rotatable bonds is 5. The summed E-state index contributed by atoms with van der Waals surface area (Å²) < 4.78 is 6.57. The van der Waals surface area contributed by atoms with Gasteiger partial charge in [-0.05, 0) is 57.5 Å². The number of nitrogens with one attached hydrogen (secondary N) is 1. The molecule has 1 aliphatic carbocycles. The van der Waals surface area contributed by atoms with E-state index in [1.807, 2.05) is 6.07 Å². The van der Waals surface area contributed by atoms with Crippen LogP contribution < -0.4 is 5.56 Å². The predicted molar refractivity (Wildman–Crippen MR) is 122 cm³/mol. The average molecular weight is 440 g/mol. The van der Waals surface area contributed by atoms with Gasteiger partial charge in [-0.3, -0.25) is 14.7 Å². The van der Waals surface area contributed by atoms with Crippen molar-refractivity contribution in [2.45, 2.75) is 51.0 Å². The highest BCUT2D eigenvalue weighted by Gasteiger charge is 2.27. The first kappa shape index (κ1) is 21.4. The number of ether oxygens (including phenoxy) is 1. The molecule has 0 aromatic carbocycles. The second-order valence-electron chi connectivity index (χ2n) is 9.47. The Morgan fingerprint density at radius 1 is 1.22 bits per heavy atom. The first-order valence-electron chi connectivity index (χ1n) is 11.9. The Balaban J connectivity index is 1.28. The van der Waals surface area contributed by atoms with Crippen LogP contribution in [-0.4, -0.2) is 70.2 Å². The van der Waals surface area contributed by atoms with E-state index in [0.717, 1.165) is 37.5 Å². The summed E-state index contributed by atoms with van der Waals surface area (Å²) >= 11 is 0. The van der Waals surface area contributed by atoms with E-state index < -0.39 is 0 Å². The minimum atomic E-state index is -0.0640. The van der Waals surface area contributed by atoms with E-state index in [9.17, 15) is 9.59 Å². The van der Waals surface area contributed by atoms with Crippen LogP contribution in [0.15, 0.2) is 23.0 Å². The van der Waals surface area contributed by atoms with Gasteiger partial charge in [0.05, 0.1) is 12.2 Å². The Labute approximate surface area is 188 Å². The van der Waals surface area contributed by atoms with Gasteiger partial charge in [-0.2, -0.15) is 0 Å². The molecule has 0 spiro atoms. The summed E-state index contributed by atoms with van der Waals surface area (Å²) in [7, 11) is 1.52. The van der Waals surface area contributed by atoms with Gasteiger partial charge < -0.3 is 14.5 Å². The number of allylic oxidation sites excluding steroid dienone is 2. The standard InChI is InChI=1S/C24H33N5O3/c1-32-16-23(30)28-12-9-19-21(15-28)25-22-13-20(26-29(22)24(19)31)18-7-10-27(11-8-18)14-17-5-3-2-4-6-17/h2-3,13,17-18,26H,4-12,14-16H2,1H3. The van der Waals surface area contributed by atoms with Gasteiger partial charge in [0, 0.05) is 43.4 Å². The number of aromatic nitrogens is 3. The van der Waals surface area contributed by atoms with Crippen LogP contribution in [0.25, 0.3) is 5.65 Å². The molecule has 2 aliphatic heterocycles. The highest BCUT2D eigenvalue weighted by atomic mass is 16.5. The zero-order chi connectivity index (χ0) is 22.1. The lowest BCUT2D eigenvalue weighted by Gasteiger charge is -2.34. The number of carbonyl (C=O) groups is 1. The van der Waals surface area contributed by atoms with Gasteiger partial charge >= 0.3 is 0 Å². The molecule has 1 amide bonds. The molecule has 2 aromatic rings. The molecule has 8 nitrogen and oxygen atoms in total. The second-order valence-corrected chi connectivity index (χ2v) is 9.47. The Kier molecular flexibility index (Phi) is 6.15. The lowest BCUT2D eigenvalue weighted by molar-refractivity contribution is -0.136. The highest BCUT2D eigenvalue weighted by Crippen LogP contribution is 2.29. The number of hydrogen-bond acceptors (Lipinski definition) is 5. The minimum Gasteiger partial charge on any atom is -0.375 e. The summed E-state index contributed by atoms with van der Waals surface area (Å²) in [5, 5.41) is 3.35. The molecule has 0 bridgehead atoms. The first-order valence-corrected chi connectivity index (χ1v) is 11.9. The summed E-state index contributed by atoms with van der Waals surface area (Å²) in [5.74, 6) is 1.16. The fourth-order valence-corrected chi connectivity index (χ4v) is 5.46. The number of fused-ring (bicyclic) bond motifs is 2. The molecule has 172 valence electrons. The molecule has 1 saturated heterocycles. The highest BCUT2D eigenvalue weighted by molar-refractivity contribution is 5.77. The largest absolute Gasteiger partial charge is 0.375 e. The molecular weight excluding hydrogens is 406 g/mol. The molecule has 4 heterocycles. The predicted octanol–water partition coefficient (Wildman–Crippen LogP) is 2.09. The summed E-state index contributed by atoms with van der Waals surface area (Å²) in [6, 6.07) is 2.03. The van der Waals surface area contributed by atoms with E-state index in [1.165, 1.54) is 32.9 Å². The molecule has 32 heavy (non-hydrogen) atoms. The quantitative estimate of drug-likeness (QED) is 0.722. The van der Waals surface area contributed by atoms with Gasteiger partial charge in [-0.1, -0.05) is 12.2 Å². The maximum atomic E-state index is 13.1. The average Bonchev–Trinajstić information content (AvgIpc) is 3.24. The molecule has 1 unspecified atom stereocenters. The van der Waals surface area contributed by atoms with Crippen molar-refractivity contribution in [2.75, 3.05) is 39.9 Å². The molecule has 8 heteroatoms. The van der Waals surface area contributed by atoms with E-state index in [1.54, 1.807) is 9.42 Å². The third-order valence-corrected chi connectivity index (χ3v) is 7.33. The van der Waals surface area contributed by atoms with Crippen molar-refractivity contribution in [3.8, 4) is 0 Å². The van der Waals surface area contributed by atoms with Crippen molar-refractivity contribution in [2.24, 2.45) is 5.92 Å². The summed E-state index contributed by atoms with van der Waals surface area (Å²) in [6.07, 6.45) is 11.1. The smallest absolute Gasteiger partial charge is 0.276 e. The van der Waals surface area contributed by atoms with E-state index in [4.69, 9.17) is 9.72 Å². The van der Waals surface area contributed by atoms with Crippen molar-refractivity contribution in [3.63, 3.8) is 0 Å². The number of carbonyl (C=O) groups excluding carboxylic acids is 1. The molecular formula is C24H33N5O3. The Bertz CT molecular complexity index is 1060. The lowest BCUT2D eigenvalue weighted by atomic mass is 9.90. The topological polar surface area (TPSA) is 82.9 Å². The number of methoxy groups -OCH3 is 1. The lowest BCUT2D eigenvalue weighted by Crippen LogP contribution is -2.41. The second kappa shape index (κ2) is 9.19. The third-order valence-electron chi connectivity index (χ3n) is 7.33. The van der Waals surface area contributed by atoms with Crippen molar-refractivity contribution in [1.29, 1.82) is 0 Å². The fraction of sp³-hybridized carbons (Fsp3) is 0.625. The van der Waals surface area contributed by atoms with Gasteiger partial charge in [0.1, 0.15) is 6.61 Å². The van der Waals surface area contributed by atoms with Crippen LogP contribution in [0.2, 0.25) is 0 Å². The van der Waals surface area contributed by atoms with Gasteiger partial charge in [-0.25, -0.2) is 9.50 Å². The van der Waals surface area contributed by atoms with E-state index >= 15 is 0 Å². The van der Waals surface area contributed by atoms with Crippen LogP contribution in [0.3, 0.4) is 0 Å². The van der Waals surface area contributed by atoms with Crippen LogP contribution in [0.5, 0.6) is 0 Å². The normalized spacial score (nSPS) is 22.4.